The molecule has 2 N–H and O–H groups in total. The summed E-state index contributed by atoms with van der Waals surface area (Å²) in [5.74, 6) is -2.49. The van der Waals surface area contributed by atoms with Gasteiger partial charge in [-0.2, -0.15) is 13.2 Å². The molecule has 2 aromatic heterocycles. The Bertz CT molecular complexity index is 1550. The molecule has 204 valence electrons. The first-order valence-electron chi connectivity index (χ1n) is 10.3. The van der Waals surface area contributed by atoms with Gasteiger partial charge in [-0.3, -0.25) is 0 Å². The van der Waals surface area contributed by atoms with E-state index in [-0.39, 0.29) is 32.4 Å². The van der Waals surface area contributed by atoms with E-state index >= 15 is 0 Å². The summed E-state index contributed by atoms with van der Waals surface area (Å²) in [7, 11) is -8.18. The number of hydrogen-bond acceptors (Lipinski definition) is 11. The smallest absolute Gasteiger partial charge is 0.345 e. The minimum Gasteiger partial charge on any atom is -0.345 e. The summed E-state index contributed by atoms with van der Waals surface area (Å²) in [6, 6.07) is 7.16. The maximum atomic E-state index is 12.8. The predicted molar refractivity (Wildman–Crippen MR) is 129 cm³/mol. The van der Waals surface area contributed by atoms with E-state index < -0.39 is 36.9 Å². The first-order valence-corrected chi connectivity index (χ1v) is 13.7. The lowest BCUT2D eigenvalue weighted by atomic mass is 10.3. The lowest BCUT2D eigenvalue weighted by molar-refractivity contribution is -0.219. The SMILES string of the molecule is CCS(=O)(=O)c1ccc(S(=O)(=O)N(C)OC(=O)C(F)(F)F)cc1Nc1cc(Nc2ccc(Cl)cn2)ncn1. The molecule has 3 rings (SSSR count). The molecule has 0 aliphatic heterocycles. The van der Waals surface area contributed by atoms with Gasteiger partial charge in [-0.1, -0.05) is 18.5 Å². The number of hydrogen-bond donors (Lipinski definition) is 2. The van der Waals surface area contributed by atoms with Crippen LogP contribution in [0.25, 0.3) is 0 Å². The topological polar surface area (TPSA) is 161 Å². The standard InChI is InChI=1S/C20H18ClF3N6O6S2/c1-3-37(32,33)15-6-5-13(38(34,35)30(2)36-19(31)20(22,23)24)8-14(15)28-17-9-18(27-11-26-17)29-16-7-4-12(21)10-25-16/h4-11H,3H2,1-2H3,(H2,25,26,27,28,29). The lowest BCUT2D eigenvalue weighted by Crippen LogP contribution is -2.36. The van der Waals surface area contributed by atoms with Crippen molar-refractivity contribution >= 4 is 60.6 Å². The largest absolute Gasteiger partial charge is 0.492 e. The number of alkyl halides is 3. The first kappa shape index (κ1) is 29.0. The molecule has 0 radical (unpaired) electrons. The van der Waals surface area contributed by atoms with Crippen LogP contribution in [0.15, 0.2) is 58.7 Å². The highest BCUT2D eigenvalue weighted by Gasteiger charge is 2.44. The van der Waals surface area contributed by atoms with E-state index in [1.807, 2.05) is 0 Å². The number of aromatic nitrogens is 3. The van der Waals surface area contributed by atoms with E-state index in [4.69, 9.17) is 11.6 Å². The van der Waals surface area contributed by atoms with E-state index in [0.717, 1.165) is 24.5 Å². The molecule has 0 fully saturated rings. The summed E-state index contributed by atoms with van der Waals surface area (Å²) >= 11 is 5.81. The van der Waals surface area contributed by atoms with Crippen molar-refractivity contribution in [2.24, 2.45) is 0 Å². The third kappa shape index (κ3) is 6.85. The Balaban J connectivity index is 1.98. The summed E-state index contributed by atoms with van der Waals surface area (Å²) in [5.41, 5.74) is -0.266. The minimum atomic E-state index is -5.45. The van der Waals surface area contributed by atoms with Gasteiger partial charge in [-0.15, -0.1) is 0 Å². The average molecular weight is 595 g/mol. The van der Waals surface area contributed by atoms with Crippen LogP contribution in [0.2, 0.25) is 5.02 Å². The van der Waals surface area contributed by atoms with Gasteiger partial charge in [-0.25, -0.2) is 36.6 Å². The molecule has 0 saturated carbocycles. The fraction of sp³-hybridized carbons (Fsp3) is 0.200. The van der Waals surface area contributed by atoms with E-state index in [0.29, 0.717) is 17.9 Å². The number of halogens is 4. The summed E-state index contributed by atoms with van der Waals surface area (Å²) < 4.78 is 88.1. The number of hydroxylamine groups is 1. The Labute approximate surface area is 219 Å². The molecule has 0 bridgehead atoms. The van der Waals surface area contributed by atoms with Gasteiger partial charge in [0, 0.05) is 19.3 Å². The highest BCUT2D eigenvalue weighted by atomic mass is 35.5. The number of carbonyl (C=O) groups is 1. The van der Waals surface area contributed by atoms with Crippen molar-refractivity contribution in [1.82, 2.24) is 19.4 Å². The molecular formula is C20H18ClF3N6O6S2. The molecule has 2 heterocycles. The van der Waals surface area contributed by atoms with Crippen LogP contribution in [0.5, 0.6) is 0 Å². The molecule has 38 heavy (non-hydrogen) atoms. The van der Waals surface area contributed by atoms with Crippen molar-refractivity contribution < 1.29 is 39.6 Å². The number of sulfone groups is 1. The van der Waals surface area contributed by atoms with Crippen LogP contribution in [-0.2, 0) is 29.5 Å². The third-order valence-corrected chi connectivity index (χ3v) is 8.27. The second kappa shape index (κ2) is 11.1. The molecule has 1 aromatic carbocycles. The van der Waals surface area contributed by atoms with E-state index in [1.54, 1.807) is 12.1 Å². The Morgan fingerprint density at radius 3 is 2.24 bits per heavy atom. The summed E-state index contributed by atoms with van der Waals surface area (Å²) in [5, 5.41) is 5.96. The molecule has 0 atom stereocenters. The van der Waals surface area contributed by atoms with E-state index in [9.17, 15) is 34.8 Å². The number of carbonyl (C=O) groups excluding carboxylic acids is 1. The maximum absolute atomic E-state index is 12.8. The van der Waals surface area contributed by atoms with Gasteiger partial charge in [0.25, 0.3) is 10.0 Å². The van der Waals surface area contributed by atoms with Crippen LogP contribution in [0.4, 0.5) is 36.3 Å². The Morgan fingerprint density at radius 2 is 1.66 bits per heavy atom. The number of nitrogens with one attached hydrogen (secondary N) is 2. The Morgan fingerprint density at radius 1 is 1.00 bits per heavy atom. The number of rotatable bonds is 9. The number of pyridine rings is 1. The molecule has 0 aliphatic carbocycles. The fourth-order valence-electron chi connectivity index (χ4n) is 2.77. The summed E-state index contributed by atoms with van der Waals surface area (Å²) in [4.78, 5) is 26.0. The van der Waals surface area contributed by atoms with Crippen molar-refractivity contribution in [2.45, 2.75) is 22.9 Å². The van der Waals surface area contributed by atoms with Crippen LogP contribution in [0.3, 0.4) is 0 Å². The molecule has 12 nitrogen and oxygen atoms in total. The molecule has 0 saturated heterocycles. The van der Waals surface area contributed by atoms with Crippen LogP contribution in [0.1, 0.15) is 6.92 Å². The Hall–Kier alpha value is -3.54. The van der Waals surface area contributed by atoms with Crippen molar-refractivity contribution in [3.63, 3.8) is 0 Å². The normalized spacial score (nSPS) is 12.3. The number of sulfonamides is 1. The fourth-order valence-corrected chi connectivity index (χ4v) is 4.89. The van der Waals surface area contributed by atoms with Crippen molar-refractivity contribution in [1.29, 1.82) is 0 Å². The van der Waals surface area contributed by atoms with Gasteiger partial charge in [0.1, 0.15) is 23.8 Å². The minimum absolute atomic E-state index is 0.0235. The first-order chi connectivity index (χ1) is 17.6. The zero-order chi connectivity index (χ0) is 28.3. The summed E-state index contributed by atoms with van der Waals surface area (Å²) in [6.07, 6.45) is -2.93. The molecule has 0 aliphatic rings. The van der Waals surface area contributed by atoms with Gasteiger partial charge in [0.2, 0.25) is 0 Å². The van der Waals surface area contributed by atoms with Gasteiger partial charge in [0.05, 0.1) is 26.3 Å². The second-order valence-electron chi connectivity index (χ2n) is 7.25. The number of nitrogens with zero attached hydrogens (tertiary/aromatic N) is 4. The quantitative estimate of drug-likeness (QED) is 0.349. The van der Waals surface area contributed by atoms with Gasteiger partial charge < -0.3 is 15.5 Å². The Kier molecular flexibility index (Phi) is 8.45. The van der Waals surface area contributed by atoms with E-state index in [2.05, 4.69) is 30.4 Å². The monoisotopic (exact) mass is 594 g/mol. The molecular weight excluding hydrogens is 577 g/mol. The number of anilines is 4. The van der Waals surface area contributed by atoms with Gasteiger partial charge in [-0.05, 0) is 34.8 Å². The molecule has 18 heteroatoms. The highest BCUT2D eigenvalue weighted by Crippen LogP contribution is 2.30. The van der Waals surface area contributed by atoms with Crippen LogP contribution in [-0.4, -0.2) is 61.2 Å². The lowest BCUT2D eigenvalue weighted by Gasteiger charge is -2.19. The van der Waals surface area contributed by atoms with Crippen molar-refractivity contribution in [3.8, 4) is 0 Å². The zero-order valence-electron chi connectivity index (χ0n) is 19.4. The average Bonchev–Trinajstić information content (AvgIpc) is 2.85. The zero-order valence-corrected chi connectivity index (χ0v) is 21.8. The molecule has 0 spiro atoms. The van der Waals surface area contributed by atoms with Crippen LogP contribution in [0, 0.1) is 0 Å². The molecule has 3 aromatic rings. The predicted octanol–water partition coefficient (Wildman–Crippen LogP) is 3.45. The van der Waals surface area contributed by atoms with E-state index in [1.165, 1.54) is 19.2 Å². The van der Waals surface area contributed by atoms with Crippen LogP contribution < -0.4 is 10.6 Å². The van der Waals surface area contributed by atoms with Crippen molar-refractivity contribution in [2.75, 3.05) is 23.4 Å². The third-order valence-electron chi connectivity index (χ3n) is 4.66. The molecule has 0 unspecified atom stereocenters. The van der Waals surface area contributed by atoms with Crippen LogP contribution >= 0.6 is 11.6 Å². The second-order valence-corrected chi connectivity index (χ2v) is 11.9. The van der Waals surface area contributed by atoms with Gasteiger partial charge >= 0.3 is 12.1 Å². The summed E-state index contributed by atoms with van der Waals surface area (Å²) in [6.45, 7) is 1.36. The maximum Gasteiger partial charge on any atom is 0.492 e. The highest BCUT2D eigenvalue weighted by molar-refractivity contribution is 7.91. The van der Waals surface area contributed by atoms with Crippen molar-refractivity contribution in [3.05, 3.63) is 53.9 Å². The van der Waals surface area contributed by atoms with Gasteiger partial charge in [0.15, 0.2) is 9.84 Å². The molecule has 0 amide bonds. The number of benzene rings is 1.